The Hall–Kier alpha value is -1.93. The minimum Gasteiger partial charge on any atom is -0.478 e. The van der Waals surface area contributed by atoms with Crippen molar-refractivity contribution >= 4 is 39.4 Å². The van der Waals surface area contributed by atoms with E-state index in [1.165, 1.54) is 0 Å². The fraction of sp³-hybridized carbons (Fsp3) is 0. The molecule has 0 saturated heterocycles. The van der Waals surface area contributed by atoms with E-state index in [1.54, 1.807) is 0 Å². The minimum absolute atomic E-state index is 0.0223. The highest BCUT2D eigenvalue weighted by Gasteiger charge is 2.14. The summed E-state index contributed by atoms with van der Waals surface area (Å²) >= 11 is 5.66. The topological polar surface area (TPSA) is 101 Å². The molecule has 1 aromatic rings. The molecule has 0 aliphatic carbocycles. The summed E-state index contributed by atoms with van der Waals surface area (Å²) in [6, 6.07) is 2.83. The number of carbonyl (C=O) groups excluding carboxylic acids is 1. The van der Waals surface area contributed by atoms with Gasteiger partial charge < -0.3 is 10.4 Å². The number of aliphatic carboxylic acids is 1. The van der Waals surface area contributed by atoms with Crippen molar-refractivity contribution in [2.24, 2.45) is 0 Å². The Morgan fingerprint density at radius 3 is 2.42 bits per heavy atom. The fourth-order valence-electron chi connectivity index (χ4n) is 1.07. The van der Waals surface area contributed by atoms with Crippen molar-refractivity contribution in [3.63, 3.8) is 0 Å². The second-order valence-corrected chi connectivity index (χ2v) is 4.99. The molecule has 0 atom stereocenters. The largest absolute Gasteiger partial charge is 0.478 e. The molecular formula is C10H7ClFNO5S. The number of halogens is 2. The third-order valence-electron chi connectivity index (χ3n) is 1.86. The second kappa shape index (κ2) is 5.81. The van der Waals surface area contributed by atoms with Gasteiger partial charge in [-0.3, -0.25) is 4.79 Å². The van der Waals surface area contributed by atoms with E-state index >= 15 is 0 Å². The normalized spacial score (nSPS) is 11.5. The first kappa shape index (κ1) is 15.1. The van der Waals surface area contributed by atoms with Crippen LogP contribution in [0.2, 0.25) is 5.02 Å². The summed E-state index contributed by atoms with van der Waals surface area (Å²) in [5, 5.41) is 10.3. The van der Waals surface area contributed by atoms with E-state index in [9.17, 15) is 21.9 Å². The van der Waals surface area contributed by atoms with E-state index in [1.807, 2.05) is 0 Å². The maximum absolute atomic E-state index is 12.7. The summed E-state index contributed by atoms with van der Waals surface area (Å²) < 4.78 is 33.9. The molecule has 102 valence electrons. The molecule has 0 spiro atoms. The predicted molar refractivity (Wildman–Crippen MR) is 65.2 cm³/mol. The van der Waals surface area contributed by atoms with Crippen LogP contribution in [0.4, 0.5) is 9.57 Å². The second-order valence-electron chi connectivity index (χ2n) is 3.24. The number of hydrogen-bond acceptors (Lipinski definition) is 4. The monoisotopic (exact) mass is 307 g/mol. The minimum atomic E-state index is -4.88. The number of nitrogens with one attached hydrogen (secondary N) is 1. The van der Waals surface area contributed by atoms with Crippen molar-refractivity contribution in [2.45, 2.75) is 4.90 Å². The number of anilines is 1. The number of amides is 1. The van der Waals surface area contributed by atoms with Gasteiger partial charge in [-0.25, -0.2) is 4.79 Å². The molecular weight excluding hydrogens is 301 g/mol. The maximum atomic E-state index is 12.7. The number of hydrogen-bond donors (Lipinski definition) is 2. The Bertz CT molecular complexity index is 656. The van der Waals surface area contributed by atoms with Crippen molar-refractivity contribution in [2.75, 3.05) is 5.32 Å². The van der Waals surface area contributed by atoms with Crippen molar-refractivity contribution < 1.29 is 27.0 Å². The zero-order chi connectivity index (χ0) is 14.6. The van der Waals surface area contributed by atoms with Crippen LogP contribution in [-0.4, -0.2) is 25.4 Å². The van der Waals surface area contributed by atoms with Gasteiger partial charge in [-0.15, -0.1) is 3.89 Å². The number of carbonyl (C=O) groups is 2. The SMILES string of the molecule is O=C(O)C=CC(=O)Nc1ccc(S(=O)(=O)F)cc1Cl. The molecule has 0 fully saturated rings. The van der Waals surface area contributed by atoms with Crippen LogP contribution in [-0.2, 0) is 19.8 Å². The first-order valence-electron chi connectivity index (χ1n) is 4.66. The fourth-order valence-corrected chi connectivity index (χ4v) is 1.85. The van der Waals surface area contributed by atoms with Crippen LogP contribution >= 0.6 is 11.6 Å². The lowest BCUT2D eigenvalue weighted by molar-refractivity contribution is -0.131. The number of benzene rings is 1. The van der Waals surface area contributed by atoms with E-state index in [0.717, 1.165) is 24.3 Å². The van der Waals surface area contributed by atoms with E-state index < -0.39 is 27.0 Å². The Morgan fingerprint density at radius 2 is 1.95 bits per heavy atom. The van der Waals surface area contributed by atoms with Crippen molar-refractivity contribution in [1.29, 1.82) is 0 Å². The third-order valence-corrected chi connectivity index (χ3v) is 2.99. The van der Waals surface area contributed by atoms with Crippen LogP contribution < -0.4 is 5.32 Å². The van der Waals surface area contributed by atoms with Crippen LogP contribution in [0.25, 0.3) is 0 Å². The van der Waals surface area contributed by atoms with Crippen molar-refractivity contribution in [3.05, 3.63) is 35.4 Å². The average Bonchev–Trinajstić information content (AvgIpc) is 2.27. The standard InChI is InChI=1S/C10H7ClFNO5S/c11-7-5-6(19(12,17)18)1-2-8(7)13-9(14)3-4-10(15)16/h1-5H,(H,13,14)(H,15,16). The van der Waals surface area contributed by atoms with E-state index in [4.69, 9.17) is 16.7 Å². The molecule has 0 radical (unpaired) electrons. The Balaban J connectivity index is 2.93. The molecule has 0 aromatic heterocycles. The molecule has 19 heavy (non-hydrogen) atoms. The van der Waals surface area contributed by atoms with E-state index in [0.29, 0.717) is 6.08 Å². The predicted octanol–water partition coefficient (Wildman–Crippen LogP) is 1.58. The van der Waals surface area contributed by atoms with Gasteiger partial charge in [0.05, 0.1) is 10.7 Å². The molecule has 1 aromatic carbocycles. The Labute approximate surface area is 112 Å². The third kappa shape index (κ3) is 4.68. The van der Waals surface area contributed by atoms with Gasteiger partial charge in [0, 0.05) is 12.2 Å². The van der Waals surface area contributed by atoms with E-state index in [-0.39, 0.29) is 10.7 Å². The van der Waals surface area contributed by atoms with Gasteiger partial charge in [0.25, 0.3) is 0 Å². The smallest absolute Gasteiger partial charge is 0.332 e. The Kier molecular flexibility index (Phi) is 4.62. The number of carboxylic acid groups (broad SMARTS) is 1. The lowest BCUT2D eigenvalue weighted by Gasteiger charge is -2.05. The highest BCUT2D eigenvalue weighted by Crippen LogP contribution is 2.26. The molecule has 2 N–H and O–H groups in total. The molecule has 0 bridgehead atoms. The first-order valence-corrected chi connectivity index (χ1v) is 6.42. The van der Waals surface area contributed by atoms with Crippen molar-refractivity contribution in [1.82, 2.24) is 0 Å². The van der Waals surface area contributed by atoms with Crippen LogP contribution in [0, 0.1) is 0 Å². The van der Waals surface area contributed by atoms with Gasteiger partial charge in [-0.05, 0) is 18.2 Å². The van der Waals surface area contributed by atoms with Crippen LogP contribution in [0.5, 0.6) is 0 Å². The number of carboxylic acids is 1. The first-order chi connectivity index (χ1) is 8.70. The van der Waals surface area contributed by atoms with Gasteiger partial charge in [0.15, 0.2) is 0 Å². The molecule has 0 unspecified atom stereocenters. The zero-order valence-corrected chi connectivity index (χ0v) is 10.7. The zero-order valence-electron chi connectivity index (χ0n) is 9.13. The summed E-state index contributed by atoms with van der Waals surface area (Å²) in [7, 11) is -4.88. The highest BCUT2D eigenvalue weighted by atomic mass is 35.5. The summed E-state index contributed by atoms with van der Waals surface area (Å²) in [5.74, 6) is -2.08. The quantitative estimate of drug-likeness (QED) is 0.649. The lowest BCUT2D eigenvalue weighted by atomic mass is 10.3. The van der Waals surface area contributed by atoms with Gasteiger partial charge in [0.1, 0.15) is 4.90 Å². The summed E-state index contributed by atoms with van der Waals surface area (Å²) in [6.07, 6.45) is 1.36. The summed E-state index contributed by atoms with van der Waals surface area (Å²) in [4.78, 5) is 20.8. The molecule has 9 heteroatoms. The van der Waals surface area contributed by atoms with Gasteiger partial charge in [-0.1, -0.05) is 11.6 Å². The van der Waals surface area contributed by atoms with Crippen molar-refractivity contribution in [3.8, 4) is 0 Å². The summed E-state index contributed by atoms with van der Waals surface area (Å²) in [5.41, 5.74) is 0.0223. The van der Waals surface area contributed by atoms with Gasteiger partial charge in [-0.2, -0.15) is 8.42 Å². The summed E-state index contributed by atoms with van der Waals surface area (Å²) in [6.45, 7) is 0. The lowest BCUT2D eigenvalue weighted by Crippen LogP contribution is -2.09. The van der Waals surface area contributed by atoms with Gasteiger partial charge in [0.2, 0.25) is 5.91 Å². The molecule has 0 heterocycles. The maximum Gasteiger partial charge on any atom is 0.332 e. The Morgan fingerprint density at radius 1 is 1.32 bits per heavy atom. The number of rotatable bonds is 4. The molecule has 1 rings (SSSR count). The molecule has 6 nitrogen and oxygen atoms in total. The van der Waals surface area contributed by atoms with Crippen LogP contribution in [0.15, 0.2) is 35.2 Å². The average molecular weight is 308 g/mol. The molecule has 0 aliphatic rings. The molecule has 0 aliphatic heterocycles. The van der Waals surface area contributed by atoms with Crippen LogP contribution in [0.3, 0.4) is 0 Å². The van der Waals surface area contributed by atoms with E-state index in [2.05, 4.69) is 5.32 Å². The molecule has 1 amide bonds. The van der Waals surface area contributed by atoms with Crippen LogP contribution in [0.1, 0.15) is 0 Å². The highest BCUT2D eigenvalue weighted by molar-refractivity contribution is 7.86. The van der Waals surface area contributed by atoms with Gasteiger partial charge >= 0.3 is 16.2 Å². The molecule has 0 saturated carbocycles.